The Kier molecular flexibility index (Phi) is 9.16. The zero-order valence-electron chi connectivity index (χ0n) is 26.7. The molecule has 2 aliphatic heterocycles. The van der Waals surface area contributed by atoms with E-state index in [1.165, 1.54) is 0 Å². The minimum absolute atomic E-state index is 0.00315. The van der Waals surface area contributed by atoms with Crippen molar-refractivity contribution in [2.75, 3.05) is 19.6 Å². The monoisotopic (exact) mass is 606 g/mol. The topological polar surface area (TPSA) is 110 Å². The Bertz CT molecular complexity index is 1600. The van der Waals surface area contributed by atoms with Crippen molar-refractivity contribution in [2.45, 2.75) is 71.5 Å². The molecule has 0 saturated carbocycles. The highest BCUT2D eigenvalue weighted by Gasteiger charge is 2.33. The maximum absolute atomic E-state index is 12.8. The van der Waals surface area contributed by atoms with Crippen molar-refractivity contribution in [1.82, 2.24) is 35.1 Å². The van der Waals surface area contributed by atoms with Crippen LogP contribution in [0.25, 0.3) is 33.6 Å². The molecule has 3 N–H and O–H groups in total. The summed E-state index contributed by atoms with van der Waals surface area (Å²) in [7, 11) is 0. The Morgan fingerprint density at radius 3 is 1.73 bits per heavy atom. The lowest BCUT2D eigenvalue weighted by Gasteiger charge is -2.24. The summed E-state index contributed by atoms with van der Waals surface area (Å²) in [6.45, 7) is 10.1. The first kappa shape index (κ1) is 30.8. The van der Waals surface area contributed by atoms with Crippen LogP contribution >= 0.6 is 0 Å². The SMILES string of the molecule is CC(C)[CH]C(=O)N1CCC[C@H]1c1ncc(-c2ccc(-c3ccc(-c4cnc([C@@H]5CCCN5C(=O)CNC(C)C)[nH]4)cc3)cc2)[nH]1. The van der Waals surface area contributed by atoms with Gasteiger partial charge in [0, 0.05) is 19.1 Å². The lowest BCUT2D eigenvalue weighted by Crippen LogP contribution is -2.40. The Morgan fingerprint density at radius 1 is 0.778 bits per heavy atom. The number of aromatic nitrogens is 4. The van der Waals surface area contributed by atoms with Crippen LogP contribution < -0.4 is 5.32 Å². The molecule has 2 atom stereocenters. The van der Waals surface area contributed by atoms with Crippen molar-refractivity contribution in [3.8, 4) is 33.6 Å². The van der Waals surface area contributed by atoms with E-state index in [2.05, 4.69) is 73.8 Å². The number of likely N-dealkylation sites (tertiary alicyclic amines) is 2. The van der Waals surface area contributed by atoms with Crippen LogP contribution in [0.2, 0.25) is 0 Å². The number of carbonyl (C=O) groups is 2. The summed E-state index contributed by atoms with van der Waals surface area (Å²) in [5.41, 5.74) is 6.27. The number of hydrogen-bond acceptors (Lipinski definition) is 5. The number of hydrogen-bond donors (Lipinski definition) is 3. The summed E-state index contributed by atoms with van der Waals surface area (Å²) in [5.74, 6) is 2.15. The largest absolute Gasteiger partial charge is 0.340 e. The van der Waals surface area contributed by atoms with Crippen molar-refractivity contribution < 1.29 is 9.59 Å². The second kappa shape index (κ2) is 13.4. The van der Waals surface area contributed by atoms with Gasteiger partial charge >= 0.3 is 0 Å². The number of nitrogens with one attached hydrogen (secondary N) is 3. The van der Waals surface area contributed by atoms with Gasteiger partial charge in [-0.3, -0.25) is 9.59 Å². The number of nitrogens with zero attached hydrogens (tertiary/aromatic N) is 4. The van der Waals surface area contributed by atoms with Gasteiger partial charge in [0.15, 0.2) is 0 Å². The third-order valence-electron chi connectivity index (χ3n) is 8.79. The van der Waals surface area contributed by atoms with Gasteiger partial charge < -0.3 is 25.1 Å². The van der Waals surface area contributed by atoms with Crippen LogP contribution in [0.15, 0.2) is 60.9 Å². The van der Waals surface area contributed by atoms with E-state index in [1.54, 1.807) is 6.42 Å². The second-order valence-corrected chi connectivity index (χ2v) is 12.9. The Labute approximate surface area is 265 Å². The van der Waals surface area contributed by atoms with Crippen LogP contribution in [-0.2, 0) is 9.59 Å². The van der Waals surface area contributed by atoms with Gasteiger partial charge in [-0.25, -0.2) is 9.97 Å². The number of benzene rings is 2. The highest BCUT2D eigenvalue weighted by molar-refractivity contribution is 5.85. The molecule has 0 spiro atoms. The predicted molar refractivity (Wildman–Crippen MR) is 177 cm³/mol. The first-order chi connectivity index (χ1) is 21.8. The zero-order chi connectivity index (χ0) is 31.5. The molecule has 4 heterocycles. The molecule has 45 heavy (non-hydrogen) atoms. The lowest BCUT2D eigenvalue weighted by molar-refractivity contribution is -0.131. The fourth-order valence-corrected chi connectivity index (χ4v) is 6.43. The molecular formula is C36H44N7O2. The molecule has 9 heteroatoms. The van der Waals surface area contributed by atoms with Crippen molar-refractivity contribution in [1.29, 1.82) is 0 Å². The molecule has 235 valence electrons. The van der Waals surface area contributed by atoms with Crippen LogP contribution in [0.3, 0.4) is 0 Å². The van der Waals surface area contributed by atoms with Crippen LogP contribution in [0.1, 0.15) is 77.1 Å². The smallest absolute Gasteiger partial charge is 0.237 e. The molecular weight excluding hydrogens is 562 g/mol. The maximum Gasteiger partial charge on any atom is 0.237 e. The van der Waals surface area contributed by atoms with Gasteiger partial charge in [0.1, 0.15) is 11.6 Å². The van der Waals surface area contributed by atoms with Gasteiger partial charge in [-0.2, -0.15) is 0 Å². The molecule has 9 nitrogen and oxygen atoms in total. The molecule has 6 rings (SSSR count). The third-order valence-corrected chi connectivity index (χ3v) is 8.79. The summed E-state index contributed by atoms with van der Waals surface area (Å²) in [6.07, 6.45) is 9.35. The number of aromatic amines is 2. The normalized spacial score (nSPS) is 18.4. The third kappa shape index (κ3) is 6.88. The molecule has 0 aliphatic carbocycles. The molecule has 0 bridgehead atoms. The molecule has 2 aromatic heterocycles. The van der Waals surface area contributed by atoms with Gasteiger partial charge in [-0.05, 0) is 53.9 Å². The highest BCUT2D eigenvalue weighted by Crippen LogP contribution is 2.34. The Morgan fingerprint density at radius 2 is 1.24 bits per heavy atom. The van der Waals surface area contributed by atoms with Gasteiger partial charge in [-0.15, -0.1) is 0 Å². The standard InChI is InChI=1S/C36H44N7O2/c1-23(2)19-33(44)42-17-5-7-31(42)35-38-20-29(40-35)27-13-9-25(10-14-27)26-11-15-28(16-12-26)30-21-39-36(41-30)32-8-6-18-43(32)34(45)22-37-24(3)4/h9-16,19-21,23-24,31-32,37H,5-8,17-18,22H2,1-4H3,(H,38,40)(H,39,41)/t31-,32-/m0/s1. The molecule has 2 fully saturated rings. The van der Waals surface area contributed by atoms with Crippen LogP contribution in [-0.4, -0.2) is 67.2 Å². The quantitative estimate of drug-likeness (QED) is 0.196. The average Bonchev–Trinajstić information content (AvgIpc) is 3.85. The van der Waals surface area contributed by atoms with Crippen molar-refractivity contribution >= 4 is 11.8 Å². The van der Waals surface area contributed by atoms with Crippen LogP contribution in [0, 0.1) is 12.3 Å². The number of imidazole rings is 2. The van der Waals surface area contributed by atoms with E-state index >= 15 is 0 Å². The highest BCUT2D eigenvalue weighted by atomic mass is 16.2. The fraction of sp³-hybridized carbons (Fsp3) is 0.417. The molecule has 2 amide bonds. The van der Waals surface area contributed by atoms with E-state index in [4.69, 9.17) is 0 Å². The number of H-pyrrole nitrogens is 2. The zero-order valence-corrected chi connectivity index (χ0v) is 26.7. The summed E-state index contributed by atoms with van der Waals surface area (Å²) >= 11 is 0. The van der Waals surface area contributed by atoms with Crippen molar-refractivity contribution in [2.24, 2.45) is 5.92 Å². The van der Waals surface area contributed by atoms with E-state index in [-0.39, 0.29) is 35.9 Å². The van der Waals surface area contributed by atoms with Crippen molar-refractivity contribution in [3.63, 3.8) is 0 Å². The van der Waals surface area contributed by atoms with E-state index in [9.17, 15) is 9.59 Å². The summed E-state index contributed by atoms with van der Waals surface area (Å²) in [4.78, 5) is 45.7. The molecule has 0 unspecified atom stereocenters. The van der Waals surface area contributed by atoms with E-state index in [1.807, 2.05) is 49.9 Å². The van der Waals surface area contributed by atoms with Crippen LogP contribution in [0.4, 0.5) is 0 Å². The van der Waals surface area contributed by atoms with Crippen molar-refractivity contribution in [3.05, 3.63) is 79.0 Å². The second-order valence-electron chi connectivity index (χ2n) is 12.9. The first-order valence-corrected chi connectivity index (χ1v) is 16.3. The van der Waals surface area contributed by atoms with Gasteiger partial charge in [-0.1, -0.05) is 76.2 Å². The number of amides is 2. The minimum Gasteiger partial charge on any atom is -0.340 e. The maximum atomic E-state index is 12.8. The summed E-state index contributed by atoms with van der Waals surface area (Å²) in [5, 5.41) is 3.24. The average molecular weight is 607 g/mol. The first-order valence-electron chi connectivity index (χ1n) is 16.3. The number of rotatable bonds is 10. The molecule has 2 aliphatic rings. The summed E-state index contributed by atoms with van der Waals surface area (Å²) < 4.78 is 0. The van der Waals surface area contributed by atoms with Gasteiger partial charge in [0.05, 0.1) is 48.8 Å². The summed E-state index contributed by atoms with van der Waals surface area (Å²) in [6, 6.07) is 17.2. The Balaban J connectivity index is 1.10. The predicted octanol–water partition coefficient (Wildman–Crippen LogP) is 6.32. The fourth-order valence-electron chi connectivity index (χ4n) is 6.43. The van der Waals surface area contributed by atoms with Gasteiger partial charge in [0.2, 0.25) is 11.8 Å². The molecule has 4 aromatic rings. The molecule has 2 aromatic carbocycles. The Hall–Kier alpha value is -4.24. The van der Waals surface area contributed by atoms with Crippen LogP contribution in [0.5, 0.6) is 0 Å². The van der Waals surface area contributed by atoms with E-state index in [0.29, 0.717) is 6.54 Å². The molecule has 1 radical (unpaired) electrons. The van der Waals surface area contributed by atoms with Gasteiger partial charge in [0.25, 0.3) is 0 Å². The minimum atomic E-state index is -0.00748. The van der Waals surface area contributed by atoms with E-state index < -0.39 is 0 Å². The van der Waals surface area contributed by atoms with E-state index in [0.717, 1.165) is 84.1 Å². The number of carbonyl (C=O) groups excluding carboxylic acids is 2. The lowest BCUT2D eigenvalue weighted by atomic mass is 10.0. The molecule has 2 saturated heterocycles.